The molecule has 1 aromatic carbocycles. The monoisotopic (exact) mass is 374 g/mol. The predicted octanol–water partition coefficient (Wildman–Crippen LogP) is 2.57. The van der Waals surface area contributed by atoms with Crippen molar-refractivity contribution >= 4 is 31.5 Å². The van der Waals surface area contributed by atoms with Crippen molar-refractivity contribution in [1.82, 2.24) is 5.32 Å². The third kappa shape index (κ3) is 4.44. The van der Waals surface area contributed by atoms with Crippen molar-refractivity contribution in [3.8, 4) is 0 Å². The Morgan fingerprint density at radius 2 is 2.14 bits per heavy atom. The number of sulfone groups is 1. The molecule has 0 aliphatic carbocycles. The van der Waals surface area contributed by atoms with Crippen molar-refractivity contribution in [1.29, 1.82) is 0 Å². The first kappa shape index (κ1) is 16.8. The fourth-order valence-electron chi connectivity index (χ4n) is 2.63. The normalized spacial score (nSPS) is 20.9. The summed E-state index contributed by atoms with van der Waals surface area (Å²) in [6.45, 7) is 5.01. The molecule has 1 saturated heterocycles. The van der Waals surface area contributed by atoms with Gasteiger partial charge in [-0.25, -0.2) is 8.42 Å². The summed E-state index contributed by atoms with van der Waals surface area (Å²) in [5, 5.41) is 3.43. The van der Waals surface area contributed by atoms with Crippen LogP contribution in [0.2, 0.25) is 0 Å². The first-order chi connectivity index (χ1) is 9.78. The van der Waals surface area contributed by atoms with Gasteiger partial charge in [0.1, 0.15) is 0 Å². The molecule has 1 aliphatic rings. The molecule has 6 heteroatoms. The zero-order valence-electron chi connectivity index (χ0n) is 12.8. The van der Waals surface area contributed by atoms with E-state index in [0.717, 1.165) is 16.7 Å². The number of halogens is 1. The molecule has 0 aromatic heterocycles. The van der Waals surface area contributed by atoms with Crippen LogP contribution in [0.15, 0.2) is 22.7 Å². The van der Waals surface area contributed by atoms with E-state index in [1.165, 1.54) is 5.56 Å². The van der Waals surface area contributed by atoms with Crippen LogP contribution in [0.1, 0.15) is 25.8 Å². The van der Waals surface area contributed by atoms with Gasteiger partial charge in [0.25, 0.3) is 0 Å². The maximum atomic E-state index is 11.7. The molecule has 1 atom stereocenters. The van der Waals surface area contributed by atoms with E-state index in [9.17, 15) is 8.42 Å². The van der Waals surface area contributed by atoms with Gasteiger partial charge in [-0.1, -0.05) is 29.8 Å². The van der Waals surface area contributed by atoms with Crippen molar-refractivity contribution in [2.75, 3.05) is 23.5 Å². The van der Waals surface area contributed by atoms with Gasteiger partial charge in [-0.2, -0.15) is 0 Å². The molecule has 0 bridgehead atoms. The molecule has 2 rings (SSSR count). The summed E-state index contributed by atoms with van der Waals surface area (Å²) >= 11 is 3.51. The molecule has 1 aromatic rings. The summed E-state index contributed by atoms with van der Waals surface area (Å²) in [5.74, 6) is 0.564. The number of anilines is 1. The van der Waals surface area contributed by atoms with Gasteiger partial charge in [-0.15, -0.1) is 0 Å². The van der Waals surface area contributed by atoms with Crippen LogP contribution in [0.3, 0.4) is 0 Å². The molecule has 118 valence electrons. The highest BCUT2D eigenvalue weighted by molar-refractivity contribution is 9.10. The van der Waals surface area contributed by atoms with Crippen LogP contribution in [0.25, 0.3) is 0 Å². The van der Waals surface area contributed by atoms with Gasteiger partial charge in [0.05, 0.1) is 11.5 Å². The van der Waals surface area contributed by atoms with Crippen LogP contribution in [-0.2, 0) is 16.4 Å². The molecule has 1 aliphatic heterocycles. The molecule has 0 spiro atoms. The average molecular weight is 375 g/mol. The summed E-state index contributed by atoms with van der Waals surface area (Å²) in [5.41, 5.74) is 2.29. The Kier molecular flexibility index (Phi) is 5.33. The van der Waals surface area contributed by atoms with E-state index in [1.807, 2.05) is 13.1 Å². The van der Waals surface area contributed by atoms with Crippen LogP contribution in [0.4, 0.5) is 5.69 Å². The Balaban J connectivity index is 2.21. The highest BCUT2D eigenvalue weighted by Gasteiger charge is 2.31. The first-order valence-corrected chi connectivity index (χ1v) is 9.85. The summed E-state index contributed by atoms with van der Waals surface area (Å²) in [7, 11) is -0.868. The number of nitrogens with one attached hydrogen (secondary N) is 1. The summed E-state index contributed by atoms with van der Waals surface area (Å²) in [6.07, 6.45) is 0.714. The van der Waals surface area contributed by atoms with E-state index >= 15 is 0 Å². The van der Waals surface area contributed by atoms with E-state index in [2.05, 4.69) is 52.1 Å². The number of hydrogen-bond donors (Lipinski definition) is 1. The number of nitrogens with zero attached hydrogens (tertiary/aromatic N) is 1. The summed E-state index contributed by atoms with van der Waals surface area (Å²) in [6, 6.07) is 6.66. The lowest BCUT2D eigenvalue weighted by Crippen LogP contribution is -2.34. The summed E-state index contributed by atoms with van der Waals surface area (Å²) in [4.78, 5) is 2.12. The van der Waals surface area contributed by atoms with Gasteiger partial charge in [0.15, 0.2) is 9.84 Å². The van der Waals surface area contributed by atoms with Crippen LogP contribution < -0.4 is 10.2 Å². The topological polar surface area (TPSA) is 49.4 Å². The molecule has 0 radical (unpaired) electrons. The molecule has 1 heterocycles. The molecule has 0 amide bonds. The lowest BCUT2D eigenvalue weighted by molar-refractivity contribution is 0.586. The molecule has 1 fully saturated rings. The third-order valence-corrected chi connectivity index (χ3v) is 6.12. The maximum absolute atomic E-state index is 11.7. The Morgan fingerprint density at radius 1 is 1.43 bits per heavy atom. The fraction of sp³-hybridized carbons (Fsp3) is 0.600. The van der Waals surface area contributed by atoms with Crippen LogP contribution in [-0.4, -0.2) is 39.1 Å². The number of rotatable bonds is 5. The molecule has 0 saturated carbocycles. The van der Waals surface area contributed by atoms with Gasteiger partial charge in [0.2, 0.25) is 0 Å². The van der Waals surface area contributed by atoms with Crippen LogP contribution in [0.5, 0.6) is 0 Å². The van der Waals surface area contributed by atoms with Gasteiger partial charge < -0.3 is 10.2 Å². The number of hydrogen-bond acceptors (Lipinski definition) is 4. The largest absolute Gasteiger partial charge is 0.370 e. The molecular formula is C15H23BrN2O2S. The molecule has 4 nitrogen and oxygen atoms in total. The van der Waals surface area contributed by atoms with Crippen molar-refractivity contribution in [2.24, 2.45) is 0 Å². The minimum absolute atomic E-state index is 0.0778. The second kappa shape index (κ2) is 6.67. The maximum Gasteiger partial charge on any atom is 0.152 e. The summed E-state index contributed by atoms with van der Waals surface area (Å²) < 4.78 is 24.4. The number of benzene rings is 1. The third-order valence-electron chi connectivity index (χ3n) is 3.88. The van der Waals surface area contributed by atoms with E-state index < -0.39 is 9.84 Å². The van der Waals surface area contributed by atoms with Crippen molar-refractivity contribution in [3.05, 3.63) is 28.2 Å². The Bertz CT molecular complexity index is 602. The quantitative estimate of drug-likeness (QED) is 0.860. The molecule has 1 unspecified atom stereocenters. The Labute approximate surface area is 136 Å². The Hall–Kier alpha value is -0.590. The van der Waals surface area contributed by atoms with Crippen LogP contribution >= 0.6 is 15.9 Å². The zero-order valence-corrected chi connectivity index (χ0v) is 15.2. The highest BCUT2D eigenvalue weighted by Crippen LogP contribution is 2.28. The first-order valence-electron chi connectivity index (χ1n) is 7.23. The molecule has 1 N–H and O–H groups in total. The SMILES string of the molecule is CC(C)NCc1cc(Br)ccc1N(C)C1CCS(=O)(=O)C1. The standard InChI is InChI=1S/C15H23BrN2O2S/c1-11(2)17-9-12-8-13(16)4-5-15(12)18(3)14-6-7-21(19,20)10-14/h4-5,8,11,14,17H,6-7,9-10H2,1-3H3. The van der Waals surface area contributed by atoms with Crippen LogP contribution in [0, 0.1) is 0 Å². The van der Waals surface area contributed by atoms with Crippen molar-refractivity contribution in [3.63, 3.8) is 0 Å². The lowest BCUT2D eigenvalue weighted by Gasteiger charge is -2.28. The smallest absolute Gasteiger partial charge is 0.152 e. The minimum Gasteiger partial charge on any atom is -0.370 e. The van der Waals surface area contributed by atoms with Gasteiger partial charge in [-0.3, -0.25) is 0 Å². The van der Waals surface area contributed by atoms with E-state index in [4.69, 9.17) is 0 Å². The van der Waals surface area contributed by atoms with Crippen molar-refractivity contribution in [2.45, 2.75) is 38.9 Å². The second-order valence-electron chi connectivity index (χ2n) is 5.98. The van der Waals surface area contributed by atoms with Gasteiger partial charge in [-0.05, 0) is 30.2 Å². The van der Waals surface area contributed by atoms with Crippen molar-refractivity contribution < 1.29 is 8.42 Å². The van der Waals surface area contributed by atoms with Gasteiger partial charge >= 0.3 is 0 Å². The second-order valence-corrected chi connectivity index (χ2v) is 9.12. The molecular weight excluding hydrogens is 352 g/mol. The zero-order chi connectivity index (χ0) is 15.6. The molecule has 21 heavy (non-hydrogen) atoms. The fourth-order valence-corrected chi connectivity index (χ4v) is 4.81. The highest BCUT2D eigenvalue weighted by atomic mass is 79.9. The minimum atomic E-state index is -2.86. The van der Waals surface area contributed by atoms with Gasteiger partial charge in [0, 0.05) is 35.8 Å². The lowest BCUT2D eigenvalue weighted by atomic mass is 10.1. The average Bonchev–Trinajstić information content (AvgIpc) is 2.76. The van der Waals surface area contributed by atoms with E-state index in [0.29, 0.717) is 18.2 Å². The van der Waals surface area contributed by atoms with E-state index in [1.54, 1.807) is 0 Å². The predicted molar refractivity (Wildman–Crippen MR) is 91.6 cm³/mol. The van der Waals surface area contributed by atoms with E-state index in [-0.39, 0.29) is 11.8 Å². The Morgan fingerprint density at radius 3 is 2.71 bits per heavy atom.